The monoisotopic (exact) mass is 484 g/mol. The van der Waals surface area contributed by atoms with E-state index in [0.29, 0.717) is 42.1 Å². The summed E-state index contributed by atoms with van der Waals surface area (Å²) in [6.45, 7) is 4.95. The smallest absolute Gasteiger partial charge is 0.229 e. The number of ether oxygens (including phenoxy) is 2. The Kier molecular flexibility index (Phi) is 7.03. The highest BCUT2D eigenvalue weighted by atomic mass is 32.2. The Morgan fingerprint density at radius 2 is 1.76 bits per heavy atom. The summed E-state index contributed by atoms with van der Waals surface area (Å²) in [6.07, 6.45) is 2.80. The highest BCUT2D eigenvalue weighted by molar-refractivity contribution is 7.92. The van der Waals surface area contributed by atoms with Crippen LogP contribution in [-0.2, 0) is 14.8 Å². The van der Waals surface area contributed by atoms with Crippen LogP contribution in [0.15, 0.2) is 48.7 Å². The lowest BCUT2D eigenvalue weighted by atomic mass is 10.2. The number of sulfonamides is 1. The van der Waals surface area contributed by atoms with Crippen LogP contribution in [-0.4, -0.2) is 58.1 Å². The summed E-state index contributed by atoms with van der Waals surface area (Å²) >= 11 is 0. The molecule has 0 bridgehead atoms. The highest BCUT2D eigenvalue weighted by Gasteiger charge is 2.15. The van der Waals surface area contributed by atoms with Gasteiger partial charge in [0.05, 0.1) is 43.6 Å². The maximum Gasteiger partial charge on any atom is 0.229 e. The molecule has 3 N–H and O–H groups in total. The number of hydrogen-bond donors (Lipinski definition) is 3. The maximum atomic E-state index is 11.7. The molecular weight excluding hydrogens is 456 g/mol. The van der Waals surface area contributed by atoms with Crippen molar-refractivity contribution in [2.75, 3.05) is 59.9 Å². The molecule has 1 aliphatic heterocycles. The Morgan fingerprint density at radius 3 is 2.47 bits per heavy atom. The summed E-state index contributed by atoms with van der Waals surface area (Å²) < 4.78 is 37.0. The summed E-state index contributed by atoms with van der Waals surface area (Å²) in [5, 5.41) is 6.42. The number of nitrogens with one attached hydrogen (secondary N) is 3. The Bertz CT molecular complexity index is 1260. The van der Waals surface area contributed by atoms with Gasteiger partial charge in [0.25, 0.3) is 0 Å². The Morgan fingerprint density at radius 1 is 1.03 bits per heavy atom. The Balaban J connectivity index is 1.56. The van der Waals surface area contributed by atoms with Crippen LogP contribution in [0.5, 0.6) is 5.75 Å². The summed E-state index contributed by atoms with van der Waals surface area (Å²) in [6, 6.07) is 13.0. The van der Waals surface area contributed by atoms with E-state index in [9.17, 15) is 8.42 Å². The molecule has 180 valence electrons. The minimum absolute atomic E-state index is 0.374. The normalized spacial score (nSPS) is 13.9. The van der Waals surface area contributed by atoms with E-state index in [1.165, 1.54) is 0 Å². The first kappa shape index (κ1) is 23.6. The summed E-state index contributed by atoms with van der Waals surface area (Å²) in [4.78, 5) is 11.2. The standard InChI is InChI=1S/C23H28N6O4S/c1-16-15-24-23(27-22(16)25-18-6-4-5-7-19(18)28-34(3,30)31)26-20-9-8-17(14-21(20)32-2)29-10-12-33-13-11-29/h4-9,14-15,28H,10-13H2,1-3H3,(H2,24,25,26,27). The lowest BCUT2D eigenvalue weighted by Crippen LogP contribution is -2.36. The van der Waals surface area contributed by atoms with E-state index >= 15 is 0 Å². The molecular formula is C23H28N6O4S. The van der Waals surface area contributed by atoms with Crippen LogP contribution in [0.25, 0.3) is 0 Å². The SMILES string of the molecule is COc1cc(N2CCOCC2)ccc1Nc1ncc(C)c(Nc2ccccc2NS(C)(=O)=O)n1. The van der Waals surface area contributed by atoms with Crippen molar-refractivity contribution < 1.29 is 17.9 Å². The summed E-state index contributed by atoms with van der Waals surface area (Å²) in [7, 11) is -1.81. The third kappa shape index (κ3) is 5.86. The number of morpholine rings is 1. The van der Waals surface area contributed by atoms with Crippen molar-refractivity contribution in [1.82, 2.24) is 9.97 Å². The van der Waals surface area contributed by atoms with E-state index in [-0.39, 0.29) is 0 Å². The molecule has 3 aromatic rings. The molecule has 11 heteroatoms. The van der Waals surface area contributed by atoms with Crippen molar-refractivity contribution in [2.45, 2.75) is 6.92 Å². The molecule has 1 fully saturated rings. The maximum absolute atomic E-state index is 11.7. The number of para-hydroxylation sites is 2. The fraction of sp³-hybridized carbons (Fsp3) is 0.304. The molecule has 2 heterocycles. The average Bonchev–Trinajstić information content (AvgIpc) is 2.82. The van der Waals surface area contributed by atoms with Crippen molar-refractivity contribution in [3.05, 3.63) is 54.2 Å². The number of hydrogen-bond acceptors (Lipinski definition) is 9. The Labute approximate surface area is 199 Å². The Hall–Kier alpha value is -3.57. The number of aromatic nitrogens is 2. The molecule has 0 amide bonds. The summed E-state index contributed by atoms with van der Waals surface area (Å²) in [5.41, 5.74) is 3.60. The lowest BCUT2D eigenvalue weighted by Gasteiger charge is -2.29. The third-order valence-electron chi connectivity index (χ3n) is 5.26. The highest BCUT2D eigenvalue weighted by Crippen LogP contribution is 2.32. The van der Waals surface area contributed by atoms with Crippen LogP contribution < -0.4 is 25.0 Å². The van der Waals surface area contributed by atoms with Crippen molar-refractivity contribution in [1.29, 1.82) is 0 Å². The van der Waals surface area contributed by atoms with Crippen LogP contribution >= 0.6 is 0 Å². The molecule has 0 radical (unpaired) electrons. The van der Waals surface area contributed by atoms with E-state index in [0.717, 1.165) is 36.3 Å². The number of aryl methyl sites for hydroxylation is 1. The topological polar surface area (TPSA) is 118 Å². The minimum Gasteiger partial charge on any atom is -0.494 e. The van der Waals surface area contributed by atoms with E-state index in [1.54, 1.807) is 31.5 Å². The van der Waals surface area contributed by atoms with E-state index in [1.807, 2.05) is 31.2 Å². The average molecular weight is 485 g/mol. The van der Waals surface area contributed by atoms with E-state index < -0.39 is 10.0 Å². The predicted molar refractivity (Wildman–Crippen MR) is 134 cm³/mol. The van der Waals surface area contributed by atoms with Crippen molar-refractivity contribution in [3.8, 4) is 5.75 Å². The number of nitrogens with zero attached hydrogens (tertiary/aromatic N) is 3. The second kappa shape index (κ2) is 10.1. The first-order valence-electron chi connectivity index (χ1n) is 10.8. The van der Waals surface area contributed by atoms with Crippen molar-refractivity contribution in [3.63, 3.8) is 0 Å². The van der Waals surface area contributed by atoms with Gasteiger partial charge in [0.15, 0.2) is 0 Å². The van der Waals surface area contributed by atoms with Crippen molar-refractivity contribution in [2.24, 2.45) is 0 Å². The van der Waals surface area contributed by atoms with Gasteiger partial charge in [0.2, 0.25) is 16.0 Å². The van der Waals surface area contributed by atoms with Gasteiger partial charge < -0.3 is 25.0 Å². The van der Waals surface area contributed by atoms with Gasteiger partial charge in [-0.3, -0.25) is 4.72 Å². The van der Waals surface area contributed by atoms with E-state index in [2.05, 4.69) is 30.2 Å². The van der Waals surface area contributed by atoms with Gasteiger partial charge >= 0.3 is 0 Å². The molecule has 2 aromatic carbocycles. The number of rotatable bonds is 8. The number of anilines is 6. The quantitative estimate of drug-likeness (QED) is 0.441. The van der Waals surface area contributed by atoms with Crippen LogP contribution in [0.3, 0.4) is 0 Å². The molecule has 1 aromatic heterocycles. The van der Waals surface area contributed by atoms with E-state index in [4.69, 9.17) is 9.47 Å². The van der Waals surface area contributed by atoms with Gasteiger partial charge in [-0.05, 0) is 31.2 Å². The van der Waals surface area contributed by atoms with Gasteiger partial charge in [-0.25, -0.2) is 13.4 Å². The van der Waals surface area contributed by atoms with Crippen LogP contribution in [0.2, 0.25) is 0 Å². The number of methoxy groups -OCH3 is 1. The molecule has 0 saturated carbocycles. The molecule has 0 unspecified atom stereocenters. The van der Waals surface area contributed by atoms with Crippen LogP contribution in [0.1, 0.15) is 5.56 Å². The van der Waals surface area contributed by atoms with Crippen LogP contribution in [0, 0.1) is 6.92 Å². The molecule has 1 saturated heterocycles. The second-order valence-corrected chi connectivity index (χ2v) is 9.63. The third-order valence-corrected chi connectivity index (χ3v) is 5.85. The first-order chi connectivity index (χ1) is 16.3. The van der Waals surface area contributed by atoms with Gasteiger partial charge in [-0.1, -0.05) is 12.1 Å². The second-order valence-electron chi connectivity index (χ2n) is 7.88. The molecule has 10 nitrogen and oxygen atoms in total. The number of benzene rings is 2. The van der Waals surface area contributed by atoms with Gasteiger partial charge in [0, 0.05) is 36.6 Å². The molecule has 34 heavy (non-hydrogen) atoms. The first-order valence-corrected chi connectivity index (χ1v) is 12.7. The fourth-order valence-corrected chi connectivity index (χ4v) is 4.14. The zero-order valence-electron chi connectivity index (χ0n) is 19.3. The molecule has 1 aliphatic rings. The zero-order valence-corrected chi connectivity index (χ0v) is 20.1. The van der Waals surface area contributed by atoms with Crippen LogP contribution in [0.4, 0.5) is 34.5 Å². The molecule has 4 rings (SSSR count). The summed E-state index contributed by atoms with van der Waals surface area (Å²) in [5.74, 6) is 1.59. The predicted octanol–water partition coefficient (Wildman–Crippen LogP) is 3.49. The minimum atomic E-state index is -3.43. The molecule has 0 atom stereocenters. The van der Waals surface area contributed by atoms with Gasteiger partial charge in [-0.15, -0.1) is 0 Å². The molecule has 0 aliphatic carbocycles. The molecule has 0 spiro atoms. The largest absolute Gasteiger partial charge is 0.494 e. The zero-order chi connectivity index (χ0) is 24.1. The lowest BCUT2D eigenvalue weighted by molar-refractivity contribution is 0.122. The van der Waals surface area contributed by atoms with Gasteiger partial charge in [0.1, 0.15) is 11.6 Å². The van der Waals surface area contributed by atoms with Gasteiger partial charge in [-0.2, -0.15) is 4.98 Å². The van der Waals surface area contributed by atoms with Crippen molar-refractivity contribution >= 4 is 44.5 Å². The fourth-order valence-electron chi connectivity index (χ4n) is 3.56.